The van der Waals surface area contributed by atoms with E-state index in [0.29, 0.717) is 23.7 Å². The van der Waals surface area contributed by atoms with Gasteiger partial charge in [-0.1, -0.05) is 165 Å². The van der Waals surface area contributed by atoms with Crippen LogP contribution < -0.4 is 0 Å². The van der Waals surface area contributed by atoms with Crippen LogP contribution in [0.1, 0.15) is 137 Å². The highest BCUT2D eigenvalue weighted by molar-refractivity contribution is 5.31. The molecule has 4 aromatic carbocycles. The highest BCUT2D eigenvalue weighted by Gasteiger charge is 2.00. The molecule has 0 aliphatic rings. The fraction of sp³-hybridized carbons (Fsp3) is 0.429. The van der Waals surface area contributed by atoms with Crippen molar-refractivity contribution >= 4 is 0 Å². The molecule has 0 radical (unpaired) electrons. The van der Waals surface area contributed by atoms with Crippen LogP contribution in [0.2, 0.25) is 0 Å². The molecule has 0 amide bonds. The summed E-state index contributed by atoms with van der Waals surface area (Å²) in [6.07, 6.45) is 0. The molecule has 42 heavy (non-hydrogen) atoms. The minimum atomic E-state index is 0. The van der Waals surface area contributed by atoms with Crippen LogP contribution in [0.5, 0.6) is 0 Å². The molecule has 0 fully saturated rings. The second-order valence-electron chi connectivity index (χ2n) is 12.6. The molecule has 0 aliphatic heterocycles. The molecule has 0 nitrogen and oxygen atoms in total. The molecule has 0 saturated heterocycles. The summed E-state index contributed by atoms with van der Waals surface area (Å²) in [4.78, 5) is 0. The standard InChI is InChI=1S/C11H16.3C10H14.CH4/c1-8(2)11-6-5-9(3)10(4)7-11;1-8(2)10-6-4-9(3)5-7-10;1-8(2)10-6-4-5-9(3)7-10;1-8(2)10-7-5-4-6-9(10)3;/h5-8H,1-4H3;3*4-8H,1-3H3;1H4. The molecule has 0 unspecified atom stereocenters. The van der Waals surface area contributed by atoms with Crippen molar-refractivity contribution in [3.63, 3.8) is 0 Å². The van der Waals surface area contributed by atoms with Gasteiger partial charge < -0.3 is 0 Å². The second-order valence-corrected chi connectivity index (χ2v) is 12.6. The first-order chi connectivity index (χ1) is 19.2. The molecule has 0 bridgehead atoms. The van der Waals surface area contributed by atoms with E-state index in [1.807, 2.05) is 0 Å². The van der Waals surface area contributed by atoms with Gasteiger partial charge in [0.05, 0.1) is 0 Å². The zero-order chi connectivity index (χ0) is 31.1. The minimum Gasteiger partial charge on any atom is -0.0776 e. The van der Waals surface area contributed by atoms with Gasteiger partial charge in [-0.15, -0.1) is 0 Å². The Hall–Kier alpha value is -3.12. The smallest absolute Gasteiger partial charge is 0.0216 e. The van der Waals surface area contributed by atoms with Gasteiger partial charge in [-0.2, -0.15) is 0 Å². The van der Waals surface area contributed by atoms with Crippen molar-refractivity contribution in [3.05, 3.63) is 141 Å². The minimum absolute atomic E-state index is 0. The van der Waals surface area contributed by atoms with Crippen LogP contribution in [0.3, 0.4) is 0 Å². The molecular formula is C42H62. The highest BCUT2D eigenvalue weighted by Crippen LogP contribution is 2.19. The fourth-order valence-corrected chi connectivity index (χ4v) is 4.34. The molecule has 0 aromatic heterocycles. The lowest BCUT2D eigenvalue weighted by Gasteiger charge is -2.07. The van der Waals surface area contributed by atoms with Crippen molar-refractivity contribution in [1.29, 1.82) is 0 Å². The van der Waals surface area contributed by atoms with E-state index in [2.05, 4.69) is 181 Å². The van der Waals surface area contributed by atoms with Crippen LogP contribution >= 0.6 is 0 Å². The summed E-state index contributed by atoms with van der Waals surface area (Å²) in [6.45, 7) is 28.5. The molecule has 230 valence electrons. The lowest BCUT2D eigenvalue weighted by Crippen LogP contribution is -1.89. The SMILES string of the molecule is C.Cc1ccc(C(C)C)cc1.Cc1ccc(C(C)C)cc1C.Cc1cccc(C(C)C)c1.Cc1ccccc1C(C)C. The maximum absolute atomic E-state index is 2.28. The van der Waals surface area contributed by atoms with Crippen LogP contribution in [-0.2, 0) is 0 Å². The lowest BCUT2D eigenvalue weighted by atomic mass is 9.99. The van der Waals surface area contributed by atoms with E-state index in [0.717, 1.165) is 0 Å². The van der Waals surface area contributed by atoms with E-state index in [1.165, 1.54) is 50.1 Å². The van der Waals surface area contributed by atoms with E-state index >= 15 is 0 Å². The van der Waals surface area contributed by atoms with Gasteiger partial charge in [0, 0.05) is 0 Å². The maximum Gasteiger partial charge on any atom is -0.0216 e. The van der Waals surface area contributed by atoms with Crippen molar-refractivity contribution < 1.29 is 0 Å². The Labute approximate surface area is 261 Å². The Kier molecular flexibility index (Phi) is 18.4. The summed E-state index contributed by atoms with van der Waals surface area (Å²) in [5, 5.41) is 0. The van der Waals surface area contributed by atoms with Crippen LogP contribution in [0.4, 0.5) is 0 Å². The van der Waals surface area contributed by atoms with Gasteiger partial charge in [0.15, 0.2) is 0 Å². The van der Waals surface area contributed by atoms with Crippen molar-refractivity contribution in [2.45, 2.75) is 121 Å². The zero-order valence-corrected chi connectivity index (χ0v) is 28.5. The van der Waals surface area contributed by atoms with E-state index in [4.69, 9.17) is 0 Å². The Morgan fingerprint density at radius 1 is 0.357 bits per heavy atom. The van der Waals surface area contributed by atoms with E-state index in [9.17, 15) is 0 Å². The average Bonchev–Trinajstić information content (AvgIpc) is 2.91. The second kappa shape index (κ2) is 19.9. The van der Waals surface area contributed by atoms with Crippen molar-refractivity contribution in [1.82, 2.24) is 0 Å². The van der Waals surface area contributed by atoms with Crippen molar-refractivity contribution in [2.24, 2.45) is 0 Å². The summed E-state index contributed by atoms with van der Waals surface area (Å²) < 4.78 is 0. The van der Waals surface area contributed by atoms with Gasteiger partial charge in [-0.25, -0.2) is 0 Å². The summed E-state index contributed by atoms with van der Waals surface area (Å²) in [7, 11) is 0. The summed E-state index contributed by atoms with van der Waals surface area (Å²) in [5.41, 5.74) is 12.6. The highest BCUT2D eigenvalue weighted by atomic mass is 14.1. The van der Waals surface area contributed by atoms with E-state index in [1.54, 1.807) is 0 Å². The van der Waals surface area contributed by atoms with Crippen molar-refractivity contribution in [3.8, 4) is 0 Å². The average molecular weight is 567 g/mol. The molecule has 4 aromatic rings. The number of benzene rings is 4. The first-order valence-electron chi connectivity index (χ1n) is 15.5. The van der Waals surface area contributed by atoms with Crippen LogP contribution in [-0.4, -0.2) is 0 Å². The van der Waals surface area contributed by atoms with E-state index in [-0.39, 0.29) is 7.43 Å². The quantitative estimate of drug-likeness (QED) is 0.230. The van der Waals surface area contributed by atoms with Gasteiger partial charge in [0.2, 0.25) is 0 Å². The first-order valence-corrected chi connectivity index (χ1v) is 15.5. The number of hydrogen-bond acceptors (Lipinski definition) is 0. The van der Waals surface area contributed by atoms with Gasteiger partial charge in [0.25, 0.3) is 0 Å². The molecule has 0 heteroatoms. The third-order valence-corrected chi connectivity index (χ3v) is 7.46. The Bertz CT molecular complexity index is 1270. The topological polar surface area (TPSA) is 0 Å². The van der Waals surface area contributed by atoms with Gasteiger partial charge >= 0.3 is 0 Å². The summed E-state index contributed by atoms with van der Waals surface area (Å²) in [5.74, 6) is 2.61. The molecule has 0 aliphatic carbocycles. The zero-order valence-electron chi connectivity index (χ0n) is 28.5. The van der Waals surface area contributed by atoms with E-state index < -0.39 is 0 Å². The Morgan fingerprint density at radius 2 is 0.857 bits per heavy atom. The van der Waals surface area contributed by atoms with Crippen LogP contribution in [0.25, 0.3) is 0 Å². The monoisotopic (exact) mass is 566 g/mol. The molecule has 0 N–H and O–H groups in total. The maximum atomic E-state index is 2.28. The predicted octanol–water partition coefficient (Wildman–Crippen LogP) is 13.4. The largest absolute Gasteiger partial charge is 0.0776 e. The predicted molar refractivity (Wildman–Crippen MR) is 193 cm³/mol. The number of rotatable bonds is 4. The third-order valence-electron chi connectivity index (χ3n) is 7.46. The molecular weight excluding hydrogens is 504 g/mol. The lowest BCUT2D eigenvalue weighted by molar-refractivity contribution is 0.856. The molecule has 0 atom stereocenters. The molecule has 0 spiro atoms. The van der Waals surface area contributed by atoms with Crippen molar-refractivity contribution in [2.75, 3.05) is 0 Å². The van der Waals surface area contributed by atoms with Crippen LogP contribution in [0.15, 0.2) is 91.0 Å². The first kappa shape index (κ1) is 38.9. The molecule has 0 heterocycles. The fourth-order valence-electron chi connectivity index (χ4n) is 4.34. The Morgan fingerprint density at radius 3 is 1.26 bits per heavy atom. The summed E-state index contributed by atoms with van der Waals surface area (Å²) >= 11 is 0. The van der Waals surface area contributed by atoms with Crippen LogP contribution in [0, 0.1) is 34.6 Å². The molecule has 4 rings (SSSR count). The molecule has 0 saturated carbocycles. The number of aryl methyl sites for hydroxylation is 5. The van der Waals surface area contributed by atoms with Gasteiger partial charge in [-0.05, 0) is 97.2 Å². The summed E-state index contributed by atoms with van der Waals surface area (Å²) in [6, 6.07) is 32.6. The Balaban J connectivity index is 0.000000530. The van der Waals surface area contributed by atoms with Gasteiger partial charge in [-0.3, -0.25) is 0 Å². The third kappa shape index (κ3) is 14.7. The van der Waals surface area contributed by atoms with Gasteiger partial charge in [0.1, 0.15) is 0 Å². The number of hydrogen-bond donors (Lipinski definition) is 0. The normalized spacial score (nSPS) is 10.2.